The van der Waals surface area contributed by atoms with Gasteiger partial charge in [-0.2, -0.15) is 0 Å². The van der Waals surface area contributed by atoms with E-state index >= 15 is 0 Å². The quantitative estimate of drug-likeness (QED) is 0.253. The van der Waals surface area contributed by atoms with Crippen LogP contribution in [0.25, 0.3) is 0 Å². The summed E-state index contributed by atoms with van der Waals surface area (Å²) in [5.41, 5.74) is 1.82. The minimum atomic E-state index is 0. The Bertz CT molecular complexity index is 225. The van der Waals surface area contributed by atoms with Crippen molar-refractivity contribution < 1.29 is 42.6 Å². The predicted octanol–water partition coefficient (Wildman–Crippen LogP) is -3.21. The van der Waals surface area contributed by atoms with Crippen LogP contribution in [-0.2, 0) is 0 Å². The van der Waals surface area contributed by atoms with Crippen molar-refractivity contribution in [1.82, 2.24) is 4.90 Å². The molecule has 0 bridgehead atoms. The Kier molecular flexibility index (Phi) is 29.9. The van der Waals surface area contributed by atoms with Crippen LogP contribution in [0, 0.1) is 13.2 Å². The van der Waals surface area contributed by atoms with Gasteiger partial charge in [0.1, 0.15) is 0 Å². The Hall–Kier alpha value is 0.595. The van der Waals surface area contributed by atoms with Crippen molar-refractivity contribution in [2.24, 2.45) is 0 Å². The van der Waals surface area contributed by atoms with Gasteiger partial charge in [0.25, 0.3) is 0 Å². The van der Waals surface area contributed by atoms with Gasteiger partial charge < -0.3 is 34.1 Å². The number of nitrogens with one attached hydrogen (secondary N) is 1. The second-order valence-corrected chi connectivity index (χ2v) is 6.02. The summed E-state index contributed by atoms with van der Waals surface area (Å²) >= 11 is 0. The van der Waals surface area contributed by atoms with Gasteiger partial charge >= 0.3 is 37.7 Å². The molecule has 0 rings (SSSR count). The molecule has 0 aromatic heterocycles. The normalized spacial score (nSPS) is 9.45. The molecule has 0 saturated heterocycles. The third-order valence-electron chi connectivity index (χ3n) is 3.07. The molecule has 120 valence electrons. The minimum absolute atomic E-state index is 0. The number of likely N-dealkylation sites (N-methyl/N-ethyl adjacent to an activating group) is 2. The summed E-state index contributed by atoms with van der Waals surface area (Å²) in [5.74, 6) is 0. The fourth-order valence-corrected chi connectivity index (χ4v) is 1.50. The molecule has 0 saturated carbocycles. The molecule has 1 N–H and O–H groups in total. The SMILES string of the molecule is CN(C)CC[NH+](C)C.[CH-]=C(CCCC)C(=[CH-])CCCC.[Li+].[Li+]. The zero-order valence-electron chi connectivity index (χ0n) is 16.8. The van der Waals surface area contributed by atoms with E-state index in [0.29, 0.717) is 0 Å². The summed E-state index contributed by atoms with van der Waals surface area (Å²) in [7, 11) is 8.54. The molecule has 0 amide bonds. The molecule has 0 heterocycles. The summed E-state index contributed by atoms with van der Waals surface area (Å²) < 4.78 is 0. The largest absolute Gasteiger partial charge is 1.00 e. The van der Waals surface area contributed by atoms with Gasteiger partial charge in [-0.05, 0) is 14.1 Å². The average Bonchev–Trinajstić information content (AvgIpc) is 2.40. The third kappa shape index (κ3) is 25.5. The van der Waals surface area contributed by atoms with Crippen LogP contribution in [0.1, 0.15) is 52.4 Å². The number of quaternary nitrogens is 1. The Balaban J connectivity index is -0.000000144. The minimum Gasteiger partial charge on any atom is -0.390 e. The van der Waals surface area contributed by atoms with Crippen LogP contribution in [-0.4, -0.2) is 46.2 Å². The monoisotopic (exact) mass is 295 g/mol. The van der Waals surface area contributed by atoms with Gasteiger partial charge in [0.15, 0.2) is 0 Å². The molecule has 0 fully saturated rings. The van der Waals surface area contributed by atoms with Gasteiger partial charge in [-0.15, -0.1) is 12.8 Å². The summed E-state index contributed by atoms with van der Waals surface area (Å²) in [4.78, 5) is 3.71. The van der Waals surface area contributed by atoms with Gasteiger partial charge in [0.2, 0.25) is 0 Å². The number of allylic oxidation sites excluding steroid dienone is 2. The summed E-state index contributed by atoms with van der Waals surface area (Å²) in [6.45, 7) is 18.3. The second-order valence-electron chi connectivity index (χ2n) is 6.02. The van der Waals surface area contributed by atoms with Crippen LogP contribution in [0.5, 0.6) is 0 Å². The fourth-order valence-electron chi connectivity index (χ4n) is 1.50. The molecule has 2 nitrogen and oxygen atoms in total. The van der Waals surface area contributed by atoms with Crippen molar-refractivity contribution in [3.63, 3.8) is 0 Å². The molecule has 0 aliphatic carbocycles. The Labute approximate surface area is 165 Å². The van der Waals surface area contributed by atoms with Crippen molar-refractivity contribution in [2.45, 2.75) is 52.4 Å². The van der Waals surface area contributed by atoms with Crippen molar-refractivity contribution >= 4 is 0 Å². The van der Waals surface area contributed by atoms with E-state index in [4.69, 9.17) is 13.2 Å². The van der Waals surface area contributed by atoms with Crippen molar-refractivity contribution in [1.29, 1.82) is 0 Å². The molecule has 0 aliphatic heterocycles. The first kappa shape index (κ1) is 30.5. The van der Waals surface area contributed by atoms with Crippen molar-refractivity contribution in [3.8, 4) is 0 Å². The number of hydrogen-bond donors (Lipinski definition) is 1. The number of hydrogen-bond acceptors (Lipinski definition) is 1. The summed E-state index contributed by atoms with van der Waals surface area (Å²) in [6, 6.07) is 0. The van der Waals surface area contributed by atoms with E-state index in [-0.39, 0.29) is 37.7 Å². The summed E-state index contributed by atoms with van der Waals surface area (Å²) in [5, 5.41) is 0. The number of nitrogens with zero attached hydrogens (tertiary/aromatic N) is 1. The van der Waals surface area contributed by atoms with Crippen LogP contribution < -0.4 is 42.6 Å². The summed E-state index contributed by atoms with van der Waals surface area (Å²) in [6.07, 6.45) is 6.60. The van der Waals surface area contributed by atoms with Gasteiger partial charge in [-0.25, -0.2) is 0 Å². The van der Waals surface area contributed by atoms with Crippen LogP contribution in [0.2, 0.25) is 0 Å². The Morgan fingerprint density at radius 1 is 0.864 bits per heavy atom. The maximum atomic E-state index is 5.80. The predicted molar refractivity (Wildman–Crippen MR) is 90.9 cm³/mol. The zero-order chi connectivity index (χ0) is 16.0. The van der Waals surface area contributed by atoms with E-state index in [2.05, 4.69) is 46.9 Å². The molecule has 0 aromatic rings. The maximum Gasteiger partial charge on any atom is 1.00 e. The Morgan fingerprint density at radius 2 is 1.23 bits per heavy atom. The second kappa shape index (κ2) is 21.6. The standard InChI is InChI=1S/C12H20.C6H16N2.2Li/c1-5-7-9-11(3)12(4)10-8-6-2;1-7(2)5-6-8(3)4;;/h3-4H,5-10H2,1-2H3;5-6H2,1-4H3;;/q-2;;2*+1/p+1. The van der Waals surface area contributed by atoms with Crippen LogP contribution in [0.15, 0.2) is 11.1 Å². The molecule has 0 spiro atoms. The van der Waals surface area contributed by atoms with Crippen LogP contribution in [0.3, 0.4) is 0 Å². The van der Waals surface area contributed by atoms with E-state index in [1.165, 1.54) is 30.8 Å². The molecule has 4 heteroatoms. The number of unbranched alkanes of at least 4 members (excludes halogenated alkanes) is 2. The molecule has 0 aliphatic rings. The topological polar surface area (TPSA) is 7.68 Å². The van der Waals surface area contributed by atoms with E-state index < -0.39 is 0 Å². The maximum absolute atomic E-state index is 5.80. The van der Waals surface area contributed by atoms with E-state index in [1.807, 2.05) is 0 Å². The van der Waals surface area contributed by atoms with Crippen LogP contribution >= 0.6 is 0 Å². The van der Waals surface area contributed by atoms with E-state index in [9.17, 15) is 0 Å². The van der Waals surface area contributed by atoms with Gasteiger partial charge in [-0.3, -0.25) is 0 Å². The number of rotatable bonds is 10. The van der Waals surface area contributed by atoms with Crippen molar-refractivity contribution in [2.75, 3.05) is 41.3 Å². The average molecular weight is 295 g/mol. The molecule has 0 aromatic carbocycles. The van der Waals surface area contributed by atoms with E-state index in [1.54, 1.807) is 0 Å². The van der Waals surface area contributed by atoms with Crippen molar-refractivity contribution in [3.05, 3.63) is 24.3 Å². The van der Waals surface area contributed by atoms with Gasteiger partial charge in [-0.1, -0.05) is 39.5 Å². The first-order valence-electron chi connectivity index (χ1n) is 8.01. The van der Waals surface area contributed by atoms with E-state index in [0.717, 1.165) is 36.8 Å². The Morgan fingerprint density at radius 3 is 1.41 bits per heavy atom. The molecule has 0 radical (unpaired) electrons. The van der Waals surface area contributed by atoms with Crippen LogP contribution in [0.4, 0.5) is 0 Å². The first-order chi connectivity index (χ1) is 9.34. The molecule has 22 heavy (non-hydrogen) atoms. The first-order valence-corrected chi connectivity index (χ1v) is 8.01. The third-order valence-corrected chi connectivity index (χ3v) is 3.07. The molecule has 0 atom stereocenters. The zero-order valence-corrected chi connectivity index (χ0v) is 16.8. The molecular formula is C18H37Li2N2+. The molecular weight excluding hydrogens is 258 g/mol. The van der Waals surface area contributed by atoms with Gasteiger partial charge in [0, 0.05) is 6.54 Å². The molecule has 0 unspecified atom stereocenters. The fraction of sp³-hybridized carbons (Fsp3) is 0.778. The smallest absolute Gasteiger partial charge is 0.390 e. The van der Waals surface area contributed by atoms with Gasteiger partial charge in [0.05, 0.1) is 20.6 Å².